The quantitative estimate of drug-likeness (QED) is 0.470. The van der Waals surface area contributed by atoms with Gasteiger partial charge in [-0.25, -0.2) is 0 Å². The predicted molar refractivity (Wildman–Crippen MR) is 99.7 cm³/mol. The van der Waals surface area contributed by atoms with Crippen LogP contribution >= 0.6 is 0 Å². The van der Waals surface area contributed by atoms with Gasteiger partial charge in [-0.05, 0) is 50.8 Å². The van der Waals surface area contributed by atoms with E-state index in [0.29, 0.717) is 36.3 Å². The Balaban J connectivity index is 1.88. The molecule has 0 spiro atoms. The second-order valence-electron chi connectivity index (χ2n) is 6.73. The maximum atomic E-state index is 11.6. The molecule has 0 saturated heterocycles. The molecule has 0 radical (unpaired) electrons. The van der Waals surface area contributed by atoms with Crippen molar-refractivity contribution >= 4 is 5.71 Å². The van der Waals surface area contributed by atoms with Crippen LogP contribution in [0.1, 0.15) is 29.8 Å². The molecule has 1 aromatic carbocycles. The van der Waals surface area contributed by atoms with E-state index in [4.69, 9.17) is 9.47 Å². The third-order valence-electron chi connectivity index (χ3n) is 4.65. The minimum absolute atomic E-state index is 0.0288. The Bertz CT molecular complexity index is 856. The number of rotatable bonds is 7. The van der Waals surface area contributed by atoms with Crippen molar-refractivity contribution in [2.75, 3.05) is 13.7 Å². The highest BCUT2D eigenvalue weighted by molar-refractivity contribution is 6.00. The third-order valence-corrected chi connectivity index (χ3v) is 4.65. The number of hydrogen-bond donors (Lipinski definition) is 1. The molecule has 6 heteroatoms. The lowest BCUT2D eigenvalue weighted by Gasteiger charge is -2.16. The van der Waals surface area contributed by atoms with Crippen molar-refractivity contribution in [3.8, 4) is 11.5 Å². The van der Waals surface area contributed by atoms with Crippen LogP contribution in [0.5, 0.6) is 11.5 Å². The van der Waals surface area contributed by atoms with Crippen LogP contribution in [-0.4, -0.2) is 29.2 Å². The van der Waals surface area contributed by atoms with E-state index in [1.165, 1.54) is 12.8 Å². The van der Waals surface area contributed by atoms with E-state index in [1.54, 1.807) is 19.2 Å². The average Bonchev–Trinajstić information content (AvgIpc) is 3.43. The summed E-state index contributed by atoms with van der Waals surface area (Å²) in [7, 11) is 1.60. The summed E-state index contributed by atoms with van der Waals surface area (Å²) in [6.07, 6.45) is 2.41. The molecular weight excluding hydrogens is 332 g/mol. The number of pyridine rings is 1. The second kappa shape index (κ2) is 7.64. The van der Waals surface area contributed by atoms with Crippen molar-refractivity contribution in [1.29, 1.82) is 0 Å². The molecule has 1 fully saturated rings. The fourth-order valence-electron chi connectivity index (χ4n) is 2.93. The van der Waals surface area contributed by atoms with Crippen LogP contribution < -0.4 is 14.9 Å². The minimum Gasteiger partial charge on any atom is -0.493 e. The van der Waals surface area contributed by atoms with Gasteiger partial charge in [-0.3, -0.25) is 4.79 Å². The van der Waals surface area contributed by atoms with E-state index < -0.39 is 0 Å². The molecule has 0 aliphatic heterocycles. The number of ether oxygens (including phenoxy) is 2. The van der Waals surface area contributed by atoms with Crippen molar-refractivity contribution in [3.63, 3.8) is 0 Å². The summed E-state index contributed by atoms with van der Waals surface area (Å²) >= 11 is 0. The van der Waals surface area contributed by atoms with Gasteiger partial charge < -0.3 is 19.2 Å². The Morgan fingerprint density at radius 1 is 1.19 bits per heavy atom. The van der Waals surface area contributed by atoms with Crippen molar-refractivity contribution < 1.29 is 14.7 Å². The summed E-state index contributed by atoms with van der Waals surface area (Å²) in [5, 5.41) is 13.0. The lowest BCUT2D eigenvalue weighted by molar-refractivity contribution is 0.280. The summed E-state index contributed by atoms with van der Waals surface area (Å²) in [6.45, 7) is 4.75. The zero-order valence-electron chi connectivity index (χ0n) is 15.4. The monoisotopic (exact) mass is 356 g/mol. The largest absolute Gasteiger partial charge is 0.493 e. The summed E-state index contributed by atoms with van der Waals surface area (Å²) < 4.78 is 13.2. The molecule has 0 amide bonds. The van der Waals surface area contributed by atoms with Gasteiger partial charge in [0.15, 0.2) is 16.9 Å². The Kier molecular flexibility index (Phi) is 5.30. The van der Waals surface area contributed by atoms with Crippen LogP contribution in [0.2, 0.25) is 0 Å². The Morgan fingerprint density at radius 3 is 2.46 bits per heavy atom. The number of aromatic nitrogens is 1. The first kappa shape index (κ1) is 18.0. The van der Waals surface area contributed by atoms with Crippen LogP contribution in [0.15, 0.2) is 40.3 Å². The first-order valence-corrected chi connectivity index (χ1v) is 8.72. The highest BCUT2D eigenvalue weighted by Crippen LogP contribution is 2.33. The molecule has 138 valence electrons. The molecule has 0 bridgehead atoms. The van der Waals surface area contributed by atoms with Gasteiger partial charge in [0, 0.05) is 29.1 Å². The number of methoxy groups -OCH3 is 1. The lowest BCUT2D eigenvalue weighted by Crippen LogP contribution is -2.19. The Morgan fingerprint density at radius 2 is 1.88 bits per heavy atom. The summed E-state index contributed by atoms with van der Waals surface area (Å²) in [5.74, 6) is 1.93. The van der Waals surface area contributed by atoms with Gasteiger partial charge in [0.25, 0.3) is 0 Å². The maximum absolute atomic E-state index is 11.6. The van der Waals surface area contributed by atoms with Crippen LogP contribution in [0.4, 0.5) is 0 Å². The van der Waals surface area contributed by atoms with E-state index in [0.717, 1.165) is 17.0 Å². The van der Waals surface area contributed by atoms with Crippen LogP contribution in [0.3, 0.4) is 0 Å². The van der Waals surface area contributed by atoms with Crippen molar-refractivity contribution in [2.45, 2.75) is 33.2 Å². The van der Waals surface area contributed by atoms with E-state index in [-0.39, 0.29) is 5.43 Å². The first-order valence-electron chi connectivity index (χ1n) is 8.72. The third kappa shape index (κ3) is 4.07. The summed E-state index contributed by atoms with van der Waals surface area (Å²) in [6, 6.07) is 8.63. The van der Waals surface area contributed by atoms with E-state index in [1.807, 2.05) is 36.6 Å². The van der Waals surface area contributed by atoms with Crippen LogP contribution in [0.25, 0.3) is 0 Å². The maximum Gasteiger partial charge on any atom is 0.182 e. The lowest BCUT2D eigenvalue weighted by atomic mass is 10.1. The molecule has 1 heterocycles. The zero-order chi connectivity index (χ0) is 18.7. The van der Waals surface area contributed by atoms with Crippen molar-refractivity contribution in [1.82, 2.24) is 4.57 Å². The number of oxime groups is 1. The number of nitrogens with zero attached hydrogens (tertiary/aromatic N) is 2. The van der Waals surface area contributed by atoms with Crippen molar-refractivity contribution in [2.24, 2.45) is 11.1 Å². The Hall–Kier alpha value is -2.76. The Labute approximate surface area is 152 Å². The molecule has 26 heavy (non-hydrogen) atoms. The molecule has 1 saturated carbocycles. The molecule has 3 rings (SSSR count). The van der Waals surface area contributed by atoms with Gasteiger partial charge in [-0.15, -0.1) is 0 Å². The fourth-order valence-corrected chi connectivity index (χ4v) is 2.93. The van der Waals surface area contributed by atoms with Gasteiger partial charge in [0.05, 0.1) is 20.3 Å². The van der Waals surface area contributed by atoms with E-state index >= 15 is 0 Å². The van der Waals surface area contributed by atoms with Gasteiger partial charge in [-0.1, -0.05) is 5.16 Å². The normalized spacial score (nSPS) is 14.3. The topological polar surface area (TPSA) is 73.1 Å². The molecule has 2 aromatic rings. The number of aryl methyl sites for hydroxylation is 2. The molecular formula is C20H24N2O4. The fraction of sp³-hybridized carbons (Fsp3) is 0.400. The zero-order valence-corrected chi connectivity index (χ0v) is 15.4. The van der Waals surface area contributed by atoms with Crippen LogP contribution in [-0.2, 0) is 6.54 Å². The second-order valence-corrected chi connectivity index (χ2v) is 6.73. The molecule has 0 unspecified atom stereocenters. The van der Waals surface area contributed by atoms with Gasteiger partial charge in [0.2, 0.25) is 0 Å². The van der Waals surface area contributed by atoms with E-state index in [2.05, 4.69) is 5.16 Å². The average molecular weight is 356 g/mol. The molecule has 1 aliphatic carbocycles. The number of hydrogen-bond acceptors (Lipinski definition) is 5. The van der Waals surface area contributed by atoms with Gasteiger partial charge >= 0.3 is 0 Å². The molecule has 6 nitrogen and oxygen atoms in total. The molecule has 1 N–H and O–H groups in total. The van der Waals surface area contributed by atoms with Gasteiger partial charge in [-0.2, -0.15) is 0 Å². The van der Waals surface area contributed by atoms with E-state index in [9.17, 15) is 10.0 Å². The number of benzene rings is 1. The summed E-state index contributed by atoms with van der Waals surface area (Å²) in [5.41, 5.74) is 2.83. The smallest absolute Gasteiger partial charge is 0.182 e. The molecule has 1 aromatic heterocycles. The predicted octanol–water partition coefficient (Wildman–Crippen LogP) is 3.14. The van der Waals surface area contributed by atoms with Crippen molar-refractivity contribution in [3.05, 3.63) is 57.5 Å². The molecule has 1 aliphatic rings. The highest BCUT2D eigenvalue weighted by atomic mass is 16.5. The standard InChI is InChI=1S/C20H24N2O4/c1-13-8-17(23)9-14(2)22(13)11-18(21-24)16-6-7-19(25-3)20(10-16)26-12-15-4-5-15/h6-10,15,24H,4-5,11-12H2,1-3H3. The SMILES string of the molecule is COc1ccc(C(Cn2c(C)cc(=O)cc2C)=NO)cc1OCC1CC1. The highest BCUT2D eigenvalue weighted by Gasteiger charge is 2.23. The minimum atomic E-state index is -0.0288. The molecule has 0 atom stereocenters. The van der Waals surface area contributed by atoms with Gasteiger partial charge in [0.1, 0.15) is 5.71 Å². The first-order chi connectivity index (χ1) is 12.5. The summed E-state index contributed by atoms with van der Waals surface area (Å²) in [4.78, 5) is 11.6. The van der Waals surface area contributed by atoms with Crippen LogP contribution in [0, 0.1) is 19.8 Å².